The van der Waals surface area contributed by atoms with Gasteiger partial charge < -0.3 is 30.1 Å². The van der Waals surface area contributed by atoms with Crippen LogP contribution in [-0.4, -0.2) is 88.2 Å². The standard InChI is InChI=1S/C24H31N5O8S3/c1-24(2,3)22(33)37-11-36-21(32)14-6-8-38-20-16(19(31)29(14)20)39-9-12-5-7-35-18(12)27-17(30)15(28-34-4)13-10-40-23(25)26-13/h6,10,12,16,18,20H,5,7-9,11H2,1-4H3,(H2,25,26)(H,27,30)/b28-15-. The van der Waals surface area contributed by atoms with Crippen molar-refractivity contribution in [2.45, 2.75) is 44.0 Å². The molecule has 0 saturated carbocycles. The minimum atomic E-state index is -0.724. The summed E-state index contributed by atoms with van der Waals surface area (Å²) >= 11 is 4.20. The lowest BCUT2D eigenvalue weighted by Gasteiger charge is -2.48. The van der Waals surface area contributed by atoms with Crippen LogP contribution in [0.1, 0.15) is 32.9 Å². The average molecular weight is 614 g/mol. The van der Waals surface area contributed by atoms with Crippen LogP contribution in [0.4, 0.5) is 5.13 Å². The molecule has 3 N–H and O–H groups in total. The van der Waals surface area contributed by atoms with Crippen LogP contribution in [0.25, 0.3) is 0 Å². The van der Waals surface area contributed by atoms with Crippen LogP contribution in [0.3, 0.4) is 0 Å². The predicted molar refractivity (Wildman–Crippen MR) is 150 cm³/mol. The van der Waals surface area contributed by atoms with Gasteiger partial charge in [0.25, 0.3) is 5.91 Å². The van der Waals surface area contributed by atoms with Crippen molar-refractivity contribution in [3.8, 4) is 0 Å². The molecule has 3 aliphatic rings. The highest BCUT2D eigenvalue weighted by molar-refractivity contribution is 8.04. The summed E-state index contributed by atoms with van der Waals surface area (Å²) in [7, 11) is 1.33. The number of β-lactam (4-membered cyclic amide) rings is 1. The van der Waals surface area contributed by atoms with Crippen LogP contribution in [0.15, 0.2) is 22.3 Å². The Kier molecular flexibility index (Phi) is 9.64. The van der Waals surface area contributed by atoms with Crippen molar-refractivity contribution in [1.29, 1.82) is 0 Å². The van der Waals surface area contributed by atoms with Crippen molar-refractivity contribution in [3.63, 3.8) is 0 Å². The van der Waals surface area contributed by atoms with E-state index in [0.717, 1.165) is 0 Å². The average Bonchev–Trinajstić information content (AvgIpc) is 3.54. The second-order valence-electron chi connectivity index (χ2n) is 10.0. The fourth-order valence-electron chi connectivity index (χ4n) is 4.02. The van der Waals surface area contributed by atoms with Gasteiger partial charge in [0, 0.05) is 29.4 Å². The first-order chi connectivity index (χ1) is 19.0. The van der Waals surface area contributed by atoms with Gasteiger partial charge in [0.2, 0.25) is 12.7 Å². The van der Waals surface area contributed by atoms with Crippen molar-refractivity contribution in [3.05, 3.63) is 22.8 Å². The number of aromatic nitrogens is 1. The Labute approximate surface area is 243 Å². The molecule has 0 spiro atoms. The van der Waals surface area contributed by atoms with Crippen molar-refractivity contribution in [1.82, 2.24) is 15.2 Å². The highest BCUT2D eigenvalue weighted by atomic mass is 32.2. The number of hydrogen-bond donors (Lipinski definition) is 2. The molecule has 218 valence electrons. The maximum atomic E-state index is 13.0. The molecule has 2 saturated heterocycles. The van der Waals surface area contributed by atoms with E-state index in [1.54, 1.807) is 44.0 Å². The van der Waals surface area contributed by atoms with Gasteiger partial charge in [0.15, 0.2) is 10.8 Å². The number of nitrogen functional groups attached to an aromatic ring is 1. The summed E-state index contributed by atoms with van der Waals surface area (Å²) < 4.78 is 15.9. The fraction of sp³-hybridized carbons (Fsp3) is 0.583. The third-order valence-corrected chi connectivity index (χ3v) is 9.61. The molecule has 4 unspecified atom stereocenters. The van der Waals surface area contributed by atoms with Gasteiger partial charge in [-0.2, -0.15) is 0 Å². The van der Waals surface area contributed by atoms with Crippen LogP contribution >= 0.6 is 34.9 Å². The van der Waals surface area contributed by atoms with Crippen molar-refractivity contribution >= 4 is 69.5 Å². The molecule has 0 bridgehead atoms. The maximum Gasteiger partial charge on any atom is 0.357 e. The zero-order valence-corrected chi connectivity index (χ0v) is 24.9. The SMILES string of the molecule is CO/N=C(\C(=O)NC1OCCC1CSC1C(=O)N2C(C(=O)OCOC(=O)C(C)(C)C)=CCSC12)c1csc(N)n1. The Morgan fingerprint density at radius 2 is 2.10 bits per heavy atom. The summed E-state index contributed by atoms with van der Waals surface area (Å²) in [6, 6.07) is 0. The second kappa shape index (κ2) is 12.8. The monoisotopic (exact) mass is 613 g/mol. The normalized spacial score (nSPS) is 24.5. The summed E-state index contributed by atoms with van der Waals surface area (Å²) in [4.78, 5) is 60.8. The van der Waals surface area contributed by atoms with E-state index < -0.39 is 36.3 Å². The van der Waals surface area contributed by atoms with Crippen LogP contribution in [0.2, 0.25) is 0 Å². The topological polar surface area (TPSA) is 172 Å². The number of nitrogens with two attached hydrogens (primary N) is 1. The van der Waals surface area contributed by atoms with E-state index in [1.165, 1.54) is 35.1 Å². The second-order valence-corrected chi connectivity index (χ2v) is 13.2. The number of carbonyl (C=O) groups is 4. The molecule has 2 amide bonds. The van der Waals surface area contributed by atoms with Gasteiger partial charge in [-0.25, -0.2) is 9.78 Å². The molecule has 4 heterocycles. The van der Waals surface area contributed by atoms with E-state index >= 15 is 0 Å². The van der Waals surface area contributed by atoms with Gasteiger partial charge in [-0.15, -0.1) is 34.9 Å². The van der Waals surface area contributed by atoms with Gasteiger partial charge >= 0.3 is 11.9 Å². The van der Waals surface area contributed by atoms with Crippen molar-refractivity contribution in [2.24, 2.45) is 16.5 Å². The van der Waals surface area contributed by atoms with E-state index in [4.69, 9.17) is 24.8 Å². The number of anilines is 1. The number of oxime groups is 1. The number of amides is 2. The van der Waals surface area contributed by atoms with E-state index in [9.17, 15) is 19.2 Å². The summed E-state index contributed by atoms with van der Waals surface area (Å²) in [6.45, 7) is 5.01. The lowest BCUT2D eigenvalue weighted by molar-refractivity contribution is -0.173. The van der Waals surface area contributed by atoms with E-state index in [-0.39, 0.29) is 33.9 Å². The van der Waals surface area contributed by atoms with Gasteiger partial charge in [0.1, 0.15) is 35.4 Å². The molecule has 2 fully saturated rings. The number of fused-ring (bicyclic) bond motifs is 1. The molecule has 3 aliphatic heterocycles. The number of ether oxygens (including phenoxy) is 3. The fourth-order valence-corrected chi connectivity index (χ4v) is 7.49. The maximum absolute atomic E-state index is 13.0. The molecule has 40 heavy (non-hydrogen) atoms. The Morgan fingerprint density at radius 1 is 1.32 bits per heavy atom. The third-order valence-electron chi connectivity index (χ3n) is 6.14. The minimum absolute atomic E-state index is 0.0138. The van der Waals surface area contributed by atoms with E-state index in [1.807, 2.05) is 0 Å². The molecular weight excluding hydrogens is 582 g/mol. The summed E-state index contributed by atoms with van der Waals surface area (Å²) in [5.74, 6) is -0.887. The first-order valence-corrected chi connectivity index (χ1v) is 15.3. The Morgan fingerprint density at radius 3 is 2.77 bits per heavy atom. The molecule has 0 radical (unpaired) electrons. The van der Waals surface area contributed by atoms with Gasteiger partial charge in [-0.05, 0) is 33.3 Å². The predicted octanol–water partition coefficient (Wildman–Crippen LogP) is 1.55. The van der Waals surface area contributed by atoms with Gasteiger partial charge in [-0.3, -0.25) is 19.3 Å². The highest BCUT2D eigenvalue weighted by Gasteiger charge is 2.53. The zero-order valence-electron chi connectivity index (χ0n) is 22.4. The van der Waals surface area contributed by atoms with Crippen molar-refractivity contribution in [2.75, 3.05) is 37.7 Å². The van der Waals surface area contributed by atoms with Crippen LogP contribution < -0.4 is 11.1 Å². The first-order valence-electron chi connectivity index (χ1n) is 12.4. The lowest BCUT2D eigenvalue weighted by atomic mass is 9.98. The first kappa shape index (κ1) is 30.1. The number of carbonyl (C=O) groups excluding carboxylic acids is 4. The van der Waals surface area contributed by atoms with E-state index in [0.29, 0.717) is 35.4 Å². The van der Waals surface area contributed by atoms with Crippen LogP contribution in [0.5, 0.6) is 0 Å². The number of esters is 2. The number of thiazole rings is 1. The Bertz CT molecular complexity index is 1210. The van der Waals surface area contributed by atoms with Gasteiger partial charge in [-0.1, -0.05) is 5.16 Å². The molecular formula is C24H31N5O8S3. The molecule has 1 aromatic rings. The smallest absolute Gasteiger partial charge is 0.357 e. The van der Waals surface area contributed by atoms with Crippen LogP contribution in [0, 0.1) is 11.3 Å². The molecule has 1 aromatic heterocycles. The number of thioether (sulfide) groups is 2. The number of hydrogen-bond acceptors (Lipinski definition) is 14. The molecule has 4 rings (SSSR count). The molecule has 0 aromatic carbocycles. The summed E-state index contributed by atoms with van der Waals surface area (Å²) in [6.07, 6.45) is 1.76. The summed E-state index contributed by atoms with van der Waals surface area (Å²) in [5.41, 5.74) is 5.40. The largest absolute Gasteiger partial charge is 0.427 e. The zero-order chi connectivity index (χ0) is 29.0. The number of rotatable bonds is 10. The lowest BCUT2D eigenvalue weighted by Crippen LogP contribution is -2.63. The third kappa shape index (κ3) is 6.72. The highest BCUT2D eigenvalue weighted by Crippen LogP contribution is 2.44. The quantitative estimate of drug-likeness (QED) is 0.128. The van der Waals surface area contributed by atoms with Crippen molar-refractivity contribution < 1.29 is 38.2 Å². The molecule has 13 nitrogen and oxygen atoms in total. The molecule has 4 atom stereocenters. The molecule has 16 heteroatoms. The minimum Gasteiger partial charge on any atom is -0.427 e. The number of nitrogens with one attached hydrogen (secondary N) is 1. The Hall–Kier alpha value is -2.82. The van der Waals surface area contributed by atoms with E-state index in [2.05, 4.69) is 15.5 Å². The summed E-state index contributed by atoms with van der Waals surface area (Å²) in [5, 5.41) is 7.96. The number of nitrogens with zero attached hydrogens (tertiary/aromatic N) is 3. The molecule has 0 aliphatic carbocycles. The van der Waals surface area contributed by atoms with Gasteiger partial charge in [0.05, 0.1) is 5.41 Å². The Balaban J connectivity index is 1.29. The van der Waals surface area contributed by atoms with Crippen LogP contribution in [-0.2, 0) is 38.2 Å².